The van der Waals surface area contributed by atoms with Crippen molar-refractivity contribution in [3.05, 3.63) is 83.4 Å². The summed E-state index contributed by atoms with van der Waals surface area (Å²) in [5.41, 5.74) is 0.114. The van der Waals surface area contributed by atoms with Crippen LogP contribution in [0.15, 0.2) is 66.7 Å². The normalized spacial score (nSPS) is 23.3. The molecule has 7 heteroatoms. The van der Waals surface area contributed by atoms with E-state index < -0.39 is 35.1 Å². The average Bonchev–Trinajstić information content (AvgIpc) is 3.04. The van der Waals surface area contributed by atoms with Gasteiger partial charge in [0.15, 0.2) is 17.7 Å². The zero-order valence-electron chi connectivity index (χ0n) is 16.9. The zero-order valence-corrected chi connectivity index (χ0v) is 17.7. The fourth-order valence-electron chi connectivity index (χ4n) is 2.95. The number of thioether (sulfide) groups is 1. The summed E-state index contributed by atoms with van der Waals surface area (Å²) in [5.74, 6) is -1.51. The first kappa shape index (κ1) is 22.8. The number of hydrogen-bond donors (Lipinski definition) is 1. The van der Waals surface area contributed by atoms with Gasteiger partial charge < -0.3 is 14.6 Å². The van der Waals surface area contributed by atoms with Gasteiger partial charge in [0.2, 0.25) is 0 Å². The highest BCUT2D eigenvalue weighted by Crippen LogP contribution is 2.37. The number of aliphatic hydroxyl groups excluding tert-OH is 1. The highest BCUT2D eigenvalue weighted by Gasteiger charge is 2.48. The van der Waals surface area contributed by atoms with Gasteiger partial charge in [-0.2, -0.15) is 0 Å². The van der Waals surface area contributed by atoms with Crippen LogP contribution in [0.2, 0.25) is 0 Å². The number of aryl methyl sites for hydroxylation is 1. The van der Waals surface area contributed by atoms with Crippen LogP contribution in [0.25, 0.3) is 12.2 Å². The molecule has 1 heterocycles. The summed E-state index contributed by atoms with van der Waals surface area (Å²) < 4.78 is 24.7. The topological polar surface area (TPSA) is 72.8 Å². The van der Waals surface area contributed by atoms with Gasteiger partial charge in [-0.1, -0.05) is 73.3 Å². The molecule has 31 heavy (non-hydrogen) atoms. The molecular formula is C24H23FO5S. The van der Waals surface area contributed by atoms with E-state index in [1.165, 1.54) is 12.2 Å². The second-order valence-corrected chi connectivity index (χ2v) is 8.07. The van der Waals surface area contributed by atoms with Gasteiger partial charge >= 0.3 is 11.9 Å². The Labute approximate surface area is 184 Å². The average molecular weight is 443 g/mol. The monoisotopic (exact) mass is 442 g/mol. The third-order valence-electron chi connectivity index (χ3n) is 4.60. The second kappa shape index (κ2) is 10.9. The number of carbonyl (C=O) groups is 2. The maximum absolute atomic E-state index is 14.4. The van der Waals surface area contributed by atoms with Gasteiger partial charge in [0.25, 0.3) is 0 Å². The maximum atomic E-state index is 14.4. The van der Waals surface area contributed by atoms with Crippen molar-refractivity contribution in [2.75, 3.05) is 0 Å². The molecule has 0 radical (unpaired) electrons. The lowest BCUT2D eigenvalue weighted by Gasteiger charge is -2.19. The van der Waals surface area contributed by atoms with E-state index in [9.17, 15) is 19.1 Å². The number of alkyl halides is 1. The van der Waals surface area contributed by atoms with E-state index in [1.807, 2.05) is 49.4 Å². The molecule has 0 saturated carbocycles. The summed E-state index contributed by atoms with van der Waals surface area (Å²) in [7, 11) is 0. The van der Waals surface area contributed by atoms with Gasteiger partial charge in [-0.15, -0.1) is 0 Å². The highest BCUT2D eigenvalue weighted by atomic mass is 32.2. The van der Waals surface area contributed by atoms with Gasteiger partial charge in [-0.05, 0) is 35.3 Å². The highest BCUT2D eigenvalue weighted by molar-refractivity contribution is 8.00. The van der Waals surface area contributed by atoms with Gasteiger partial charge in [-0.25, -0.2) is 14.0 Å². The van der Waals surface area contributed by atoms with E-state index in [4.69, 9.17) is 9.47 Å². The smallest absolute Gasteiger partial charge is 0.332 e. The van der Waals surface area contributed by atoms with Crippen molar-refractivity contribution in [3.8, 4) is 0 Å². The van der Waals surface area contributed by atoms with Crippen molar-refractivity contribution in [2.45, 2.75) is 36.5 Å². The summed E-state index contributed by atoms with van der Waals surface area (Å²) >= 11 is 0.697. The molecule has 2 aromatic carbocycles. The molecule has 5 nitrogen and oxygen atoms in total. The Balaban J connectivity index is 1.61. The fraction of sp³-hybridized carbons (Fsp3) is 0.250. The van der Waals surface area contributed by atoms with Gasteiger partial charge in [0, 0.05) is 12.2 Å². The Morgan fingerprint density at radius 1 is 1.00 bits per heavy atom. The van der Waals surface area contributed by atoms with Crippen molar-refractivity contribution >= 4 is 35.9 Å². The molecule has 0 spiro atoms. The van der Waals surface area contributed by atoms with Crippen LogP contribution in [-0.2, 0) is 25.5 Å². The Morgan fingerprint density at radius 3 is 2.35 bits per heavy atom. The predicted molar refractivity (Wildman–Crippen MR) is 119 cm³/mol. The van der Waals surface area contributed by atoms with Crippen molar-refractivity contribution in [2.24, 2.45) is 0 Å². The van der Waals surface area contributed by atoms with Crippen molar-refractivity contribution in [1.82, 2.24) is 0 Å². The molecule has 1 aliphatic heterocycles. The molecule has 162 valence electrons. The minimum atomic E-state index is -1.87. The minimum Gasteiger partial charge on any atom is -0.451 e. The molecule has 0 bridgehead atoms. The Kier molecular flexibility index (Phi) is 8.03. The molecular weight excluding hydrogens is 419 g/mol. The molecule has 1 N–H and O–H groups in total. The number of carbonyl (C=O) groups excluding carboxylic acids is 2. The molecule has 0 aliphatic carbocycles. The second-order valence-electron chi connectivity index (χ2n) is 6.85. The predicted octanol–water partition coefficient (Wildman–Crippen LogP) is 4.16. The van der Waals surface area contributed by atoms with Crippen LogP contribution < -0.4 is 0 Å². The summed E-state index contributed by atoms with van der Waals surface area (Å²) in [4.78, 5) is 24.3. The van der Waals surface area contributed by atoms with Crippen LogP contribution in [0.5, 0.6) is 0 Å². The number of aliphatic hydroxyl groups is 1. The van der Waals surface area contributed by atoms with E-state index in [2.05, 4.69) is 0 Å². The standard InChI is InChI=1S/C24H23FO5S/c1-2-16-9-6-10-18(15-16)12-14-20(27)30-24-22(21(25)23(28)31-24)29-19(26)13-11-17-7-4-3-5-8-17/h3-15,21-24,28H,2H2,1H3/t21-,22-,23?,24+/m0/s1. The van der Waals surface area contributed by atoms with E-state index in [0.29, 0.717) is 11.8 Å². The molecule has 0 amide bonds. The van der Waals surface area contributed by atoms with Gasteiger partial charge in [0.1, 0.15) is 5.44 Å². The maximum Gasteiger partial charge on any atom is 0.332 e. The minimum absolute atomic E-state index is 0.697. The SMILES string of the molecule is CCc1cccc(C=CC(=O)O[C@@H]2SC(O)[C@@H](F)[C@@H]2OC(=O)C=Cc2ccccc2)c1. The Hall–Kier alpha value is -2.90. The van der Waals surface area contributed by atoms with Gasteiger partial charge in [0.05, 0.1) is 0 Å². The number of rotatable bonds is 7. The first-order valence-corrected chi connectivity index (χ1v) is 10.8. The molecule has 4 atom stereocenters. The van der Waals surface area contributed by atoms with Crippen LogP contribution in [0.4, 0.5) is 4.39 Å². The van der Waals surface area contributed by atoms with Crippen LogP contribution in [-0.4, -0.2) is 40.2 Å². The lowest BCUT2D eigenvalue weighted by Crippen LogP contribution is -2.35. The summed E-state index contributed by atoms with van der Waals surface area (Å²) in [6, 6.07) is 16.7. The number of ether oxygens (including phenoxy) is 2. The number of benzene rings is 2. The van der Waals surface area contributed by atoms with E-state index in [0.717, 1.165) is 29.2 Å². The van der Waals surface area contributed by atoms with Crippen LogP contribution in [0.1, 0.15) is 23.6 Å². The summed E-state index contributed by atoms with van der Waals surface area (Å²) in [6.07, 6.45) is 3.09. The van der Waals surface area contributed by atoms with E-state index >= 15 is 0 Å². The van der Waals surface area contributed by atoms with Crippen LogP contribution in [0.3, 0.4) is 0 Å². The third-order valence-corrected chi connectivity index (χ3v) is 5.77. The zero-order chi connectivity index (χ0) is 22.2. The van der Waals surface area contributed by atoms with Crippen LogP contribution >= 0.6 is 11.8 Å². The number of halogens is 1. The molecule has 1 unspecified atom stereocenters. The number of hydrogen-bond acceptors (Lipinski definition) is 6. The van der Waals surface area contributed by atoms with E-state index in [1.54, 1.807) is 18.2 Å². The first-order valence-electron chi connectivity index (χ1n) is 9.85. The third kappa shape index (κ3) is 6.54. The van der Waals surface area contributed by atoms with Crippen LogP contribution in [0, 0.1) is 0 Å². The fourth-order valence-corrected chi connectivity index (χ4v) is 4.04. The molecule has 2 aromatic rings. The Bertz CT molecular complexity index is 959. The summed E-state index contributed by atoms with van der Waals surface area (Å²) in [5, 5.41) is 9.81. The van der Waals surface area contributed by atoms with Crippen molar-refractivity contribution in [1.29, 1.82) is 0 Å². The van der Waals surface area contributed by atoms with Crippen molar-refractivity contribution in [3.63, 3.8) is 0 Å². The largest absolute Gasteiger partial charge is 0.451 e. The molecule has 1 fully saturated rings. The molecule has 1 saturated heterocycles. The van der Waals surface area contributed by atoms with Crippen molar-refractivity contribution < 1.29 is 28.6 Å². The van der Waals surface area contributed by atoms with E-state index in [-0.39, 0.29) is 0 Å². The quantitative estimate of drug-likeness (QED) is 0.513. The lowest BCUT2D eigenvalue weighted by atomic mass is 10.1. The molecule has 1 aliphatic rings. The summed E-state index contributed by atoms with van der Waals surface area (Å²) in [6.45, 7) is 2.03. The number of esters is 2. The lowest BCUT2D eigenvalue weighted by molar-refractivity contribution is -0.159. The van der Waals surface area contributed by atoms with Gasteiger partial charge in [-0.3, -0.25) is 0 Å². The first-order chi connectivity index (χ1) is 15.0. The Morgan fingerprint density at radius 2 is 1.65 bits per heavy atom. The molecule has 0 aromatic heterocycles. The molecule has 3 rings (SSSR count).